The number of hydrogen-bond acceptors (Lipinski definition) is 6. The van der Waals surface area contributed by atoms with Crippen molar-refractivity contribution in [1.82, 2.24) is 4.90 Å². The van der Waals surface area contributed by atoms with E-state index in [1.807, 2.05) is 4.90 Å². The molecule has 0 bridgehead atoms. The average molecular weight is 467 g/mol. The van der Waals surface area contributed by atoms with Gasteiger partial charge in [-0.25, -0.2) is 4.90 Å². The van der Waals surface area contributed by atoms with Crippen molar-refractivity contribution in [2.24, 2.45) is 11.8 Å². The molecule has 0 aromatic heterocycles. The largest absolute Gasteiger partial charge is 0.324 e. The van der Waals surface area contributed by atoms with Crippen LogP contribution in [-0.4, -0.2) is 40.1 Å². The fourth-order valence-electron chi connectivity index (χ4n) is 6.36. The van der Waals surface area contributed by atoms with Crippen LogP contribution in [0, 0.1) is 28.9 Å². The maximum atomic E-state index is 13.9. The van der Waals surface area contributed by atoms with Crippen molar-refractivity contribution in [3.8, 4) is 0 Å². The summed E-state index contributed by atoms with van der Waals surface area (Å²) in [6.07, 6.45) is 1.49. The first-order valence-corrected chi connectivity index (χ1v) is 11.2. The van der Waals surface area contributed by atoms with E-state index in [1.165, 1.54) is 18.2 Å². The second-order valence-corrected chi connectivity index (χ2v) is 9.49. The molecule has 4 atom stereocenters. The van der Waals surface area contributed by atoms with E-state index in [2.05, 4.69) is 5.32 Å². The lowest BCUT2D eigenvalue weighted by Crippen LogP contribution is -2.54. The predicted octanol–water partition coefficient (Wildman–Crippen LogP) is 2.99. The molecule has 33 heavy (non-hydrogen) atoms. The van der Waals surface area contributed by atoms with Crippen LogP contribution < -0.4 is 10.2 Å². The molecule has 6 rings (SSSR count). The van der Waals surface area contributed by atoms with Gasteiger partial charge in [0.2, 0.25) is 17.7 Å². The Morgan fingerprint density at radius 1 is 1.15 bits per heavy atom. The molecule has 168 valence electrons. The summed E-state index contributed by atoms with van der Waals surface area (Å²) in [4.78, 5) is 55.1. The van der Waals surface area contributed by atoms with Crippen LogP contribution in [-0.2, 0) is 19.9 Å². The van der Waals surface area contributed by atoms with Crippen molar-refractivity contribution in [3.63, 3.8) is 0 Å². The number of imide groups is 1. The van der Waals surface area contributed by atoms with Gasteiger partial charge >= 0.3 is 0 Å². The number of nitrogens with one attached hydrogen (secondary N) is 1. The summed E-state index contributed by atoms with van der Waals surface area (Å²) < 4.78 is 0. The van der Waals surface area contributed by atoms with Gasteiger partial charge in [0.25, 0.3) is 5.69 Å². The summed E-state index contributed by atoms with van der Waals surface area (Å²) in [7, 11) is 0. The summed E-state index contributed by atoms with van der Waals surface area (Å²) in [6.45, 7) is 2.19. The van der Waals surface area contributed by atoms with Crippen molar-refractivity contribution in [2.45, 2.75) is 31.3 Å². The number of nitrogens with zero attached hydrogens (tertiary/aromatic N) is 3. The lowest BCUT2D eigenvalue weighted by Gasteiger charge is -2.36. The number of carbonyl (C=O) groups excluding carboxylic acids is 3. The zero-order chi connectivity index (χ0) is 23.2. The van der Waals surface area contributed by atoms with Gasteiger partial charge in [-0.3, -0.25) is 29.4 Å². The van der Waals surface area contributed by atoms with Gasteiger partial charge in [0, 0.05) is 33.9 Å². The van der Waals surface area contributed by atoms with Gasteiger partial charge < -0.3 is 5.32 Å². The van der Waals surface area contributed by atoms with Gasteiger partial charge in [0.15, 0.2) is 0 Å². The van der Waals surface area contributed by atoms with Crippen molar-refractivity contribution in [3.05, 3.63) is 62.7 Å². The van der Waals surface area contributed by atoms with E-state index in [-0.39, 0.29) is 23.3 Å². The molecule has 0 unspecified atom stereocenters. The Morgan fingerprint density at radius 2 is 1.94 bits per heavy atom. The highest BCUT2D eigenvalue weighted by molar-refractivity contribution is 6.31. The quantitative estimate of drug-likeness (QED) is 0.413. The van der Waals surface area contributed by atoms with Crippen LogP contribution in [0.5, 0.6) is 0 Å². The minimum Gasteiger partial charge on any atom is -0.324 e. The number of nitro groups is 1. The zero-order valence-corrected chi connectivity index (χ0v) is 18.3. The Labute approximate surface area is 193 Å². The molecule has 0 saturated carbocycles. The number of rotatable bonds is 2. The molecule has 3 saturated heterocycles. The summed E-state index contributed by atoms with van der Waals surface area (Å²) in [5.74, 6) is -2.91. The fourth-order valence-corrected chi connectivity index (χ4v) is 6.54. The van der Waals surface area contributed by atoms with E-state index in [0.717, 1.165) is 11.3 Å². The number of fused-ring (bicyclic) bond motifs is 7. The Morgan fingerprint density at radius 3 is 2.70 bits per heavy atom. The SMILES string of the molecule is Cc1ccc(N2C(=O)[C@H]3[C@@H](C2=O)[C@@]2(C(=O)Nc4ccc(Cl)cc42)N2CCC[C@@H]32)cc1[N+](=O)[O-]. The number of anilines is 2. The minimum atomic E-state index is -1.33. The van der Waals surface area contributed by atoms with E-state index < -0.39 is 34.1 Å². The van der Waals surface area contributed by atoms with Crippen LogP contribution in [0.1, 0.15) is 24.0 Å². The number of carbonyl (C=O) groups is 3. The molecule has 0 aliphatic carbocycles. The summed E-state index contributed by atoms with van der Waals surface area (Å²) in [5.41, 5.74) is 0.279. The summed E-state index contributed by atoms with van der Waals surface area (Å²) in [5, 5.41) is 14.8. The minimum absolute atomic E-state index is 0.154. The first-order valence-electron chi connectivity index (χ1n) is 10.8. The normalized spacial score (nSPS) is 30.1. The third kappa shape index (κ3) is 2.38. The average Bonchev–Trinajstić information content (AvgIpc) is 3.47. The van der Waals surface area contributed by atoms with Crippen LogP contribution in [0.25, 0.3) is 0 Å². The second kappa shape index (κ2) is 6.61. The lowest BCUT2D eigenvalue weighted by atomic mass is 9.75. The Hall–Kier alpha value is -3.30. The topological polar surface area (TPSA) is 113 Å². The molecule has 3 amide bonds. The van der Waals surface area contributed by atoms with Crippen LogP contribution in [0.15, 0.2) is 36.4 Å². The highest BCUT2D eigenvalue weighted by atomic mass is 35.5. The van der Waals surface area contributed by atoms with Crippen molar-refractivity contribution < 1.29 is 19.3 Å². The van der Waals surface area contributed by atoms with Crippen LogP contribution >= 0.6 is 11.6 Å². The molecular weight excluding hydrogens is 448 g/mol. The van der Waals surface area contributed by atoms with Gasteiger partial charge in [0.1, 0.15) is 5.54 Å². The number of nitro benzene ring substituents is 1. The van der Waals surface area contributed by atoms with Crippen molar-refractivity contribution in [2.75, 3.05) is 16.8 Å². The molecule has 1 N–H and O–H groups in total. The van der Waals surface area contributed by atoms with Gasteiger partial charge in [-0.15, -0.1) is 0 Å². The molecule has 4 aliphatic rings. The Bertz CT molecular complexity index is 1300. The number of amides is 3. The van der Waals surface area contributed by atoms with Gasteiger partial charge in [-0.2, -0.15) is 0 Å². The smallest absolute Gasteiger partial charge is 0.274 e. The van der Waals surface area contributed by atoms with E-state index in [4.69, 9.17) is 11.6 Å². The zero-order valence-electron chi connectivity index (χ0n) is 17.6. The maximum Gasteiger partial charge on any atom is 0.274 e. The molecular formula is C23H19ClN4O5. The first-order chi connectivity index (χ1) is 15.8. The number of aryl methyl sites for hydroxylation is 1. The third-order valence-electron chi connectivity index (χ3n) is 7.60. The Balaban J connectivity index is 1.54. The summed E-state index contributed by atoms with van der Waals surface area (Å²) in [6, 6.07) is 9.13. The molecule has 3 fully saturated rings. The summed E-state index contributed by atoms with van der Waals surface area (Å²) >= 11 is 6.29. The molecule has 4 aliphatic heterocycles. The van der Waals surface area contributed by atoms with E-state index in [9.17, 15) is 24.5 Å². The predicted molar refractivity (Wildman–Crippen MR) is 119 cm³/mol. The number of hydrogen-bond donors (Lipinski definition) is 1. The van der Waals surface area contributed by atoms with Crippen LogP contribution in [0.2, 0.25) is 5.02 Å². The Kier molecular flexibility index (Phi) is 4.07. The van der Waals surface area contributed by atoms with E-state index in [0.29, 0.717) is 34.8 Å². The van der Waals surface area contributed by atoms with E-state index in [1.54, 1.807) is 25.1 Å². The van der Waals surface area contributed by atoms with Crippen molar-refractivity contribution in [1.29, 1.82) is 0 Å². The standard InChI is InChI=1S/C23H19ClN4O5/c1-11-4-6-13(10-17(11)28(32)33)27-20(29)18-16-3-2-8-26(16)23(19(18)21(27)30)14-9-12(24)5-7-15(14)25-22(23)31/h4-7,9-10,16,18-19H,2-3,8H2,1H3,(H,25,31)/t16-,18+,19-,23-/m0/s1. The second-order valence-electron chi connectivity index (χ2n) is 9.06. The molecule has 9 nitrogen and oxygen atoms in total. The molecule has 2 aromatic rings. The molecule has 1 spiro atoms. The lowest BCUT2D eigenvalue weighted by molar-refractivity contribution is -0.385. The van der Waals surface area contributed by atoms with Gasteiger partial charge in [-0.1, -0.05) is 17.7 Å². The van der Waals surface area contributed by atoms with E-state index >= 15 is 0 Å². The van der Waals surface area contributed by atoms with Gasteiger partial charge in [-0.05, 0) is 50.6 Å². The molecule has 2 aromatic carbocycles. The monoisotopic (exact) mass is 466 g/mol. The molecule has 10 heteroatoms. The number of halogens is 1. The van der Waals surface area contributed by atoms with Crippen LogP contribution in [0.3, 0.4) is 0 Å². The molecule has 0 radical (unpaired) electrons. The highest BCUT2D eigenvalue weighted by Gasteiger charge is 2.74. The first kappa shape index (κ1) is 20.3. The van der Waals surface area contributed by atoms with Gasteiger partial charge in [0.05, 0.1) is 22.4 Å². The number of benzene rings is 2. The maximum absolute atomic E-state index is 13.9. The molecule has 4 heterocycles. The van der Waals surface area contributed by atoms with Crippen LogP contribution in [0.4, 0.5) is 17.1 Å². The third-order valence-corrected chi connectivity index (χ3v) is 7.84. The highest BCUT2D eigenvalue weighted by Crippen LogP contribution is 2.61. The fraction of sp³-hybridized carbons (Fsp3) is 0.348. The van der Waals surface area contributed by atoms with Crippen molar-refractivity contribution >= 4 is 46.4 Å².